The fraction of sp³-hybridized carbons (Fsp3) is 0.121. The average Bonchev–Trinajstić information content (AvgIpc) is 3.49. The van der Waals surface area contributed by atoms with Crippen molar-refractivity contribution in [2.75, 3.05) is 4.90 Å². The van der Waals surface area contributed by atoms with Crippen LogP contribution in [0.25, 0.3) is 10.9 Å². The van der Waals surface area contributed by atoms with Crippen LogP contribution in [-0.4, -0.2) is 33.8 Å². The number of carbonyl (C=O) groups is 3. The van der Waals surface area contributed by atoms with Gasteiger partial charge in [0.25, 0.3) is 11.8 Å². The second kappa shape index (κ2) is 10.2. The maximum atomic E-state index is 14.2. The Labute approximate surface area is 245 Å². The van der Waals surface area contributed by atoms with Gasteiger partial charge in [-0.15, -0.1) is 0 Å². The molecule has 2 N–H and O–H groups in total. The number of amides is 4. The molecule has 2 aliphatic heterocycles. The molecule has 7 rings (SSSR count). The van der Waals surface area contributed by atoms with Crippen molar-refractivity contribution in [3.8, 4) is 0 Å². The summed E-state index contributed by atoms with van der Waals surface area (Å²) in [5, 5.41) is 4.34. The molecule has 1 aromatic heterocycles. The van der Waals surface area contributed by atoms with Crippen molar-refractivity contribution < 1.29 is 18.8 Å². The number of imide groups is 1. The quantitative estimate of drug-likeness (QED) is 0.238. The van der Waals surface area contributed by atoms with E-state index in [2.05, 4.69) is 10.3 Å². The second-order valence-corrected chi connectivity index (χ2v) is 10.9. The highest BCUT2D eigenvalue weighted by Crippen LogP contribution is 2.45. The molecule has 208 valence electrons. The molecule has 0 saturated carbocycles. The molecular weight excluding hydrogens is 555 g/mol. The number of halogens is 2. The Balaban J connectivity index is 1.27. The molecule has 0 bridgehead atoms. The number of carbonyl (C=O) groups excluding carboxylic acids is 3. The van der Waals surface area contributed by atoms with Gasteiger partial charge in [0.2, 0.25) is 0 Å². The fourth-order valence-corrected chi connectivity index (χ4v) is 6.26. The summed E-state index contributed by atoms with van der Waals surface area (Å²) in [6, 6.07) is 25.6. The van der Waals surface area contributed by atoms with Crippen LogP contribution < -0.4 is 10.2 Å². The monoisotopic (exact) mass is 578 g/mol. The van der Waals surface area contributed by atoms with E-state index in [1.54, 1.807) is 53.4 Å². The summed E-state index contributed by atoms with van der Waals surface area (Å²) >= 11 is 6.39. The van der Waals surface area contributed by atoms with Crippen LogP contribution >= 0.6 is 11.6 Å². The smallest absolute Gasteiger partial charge is 0.332 e. The van der Waals surface area contributed by atoms with Gasteiger partial charge < -0.3 is 10.3 Å². The Kier molecular flexibility index (Phi) is 6.28. The van der Waals surface area contributed by atoms with E-state index in [-0.39, 0.29) is 23.6 Å². The minimum atomic E-state index is -0.775. The first kappa shape index (κ1) is 26.0. The van der Waals surface area contributed by atoms with Gasteiger partial charge in [0.1, 0.15) is 17.9 Å². The third-order valence-electron chi connectivity index (χ3n) is 7.97. The predicted molar refractivity (Wildman–Crippen MR) is 158 cm³/mol. The molecule has 9 heteroatoms. The molecule has 2 atom stereocenters. The van der Waals surface area contributed by atoms with Gasteiger partial charge in [-0.25, -0.2) is 14.1 Å². The number of anilines is 1. The summed E-state index contributed by atoms with van der Waals surface area (Å²) in [6.45, 7) is 0.155. The van der Waals surface area contributed by atoms with Crippen LogP contribution in [0.15, 0.2) is 97.1 Å². The third kappa shape index (κ3) is 4.23. The first-order valence-electron chi connectivity index (χ1n) is 13.5. The first-order chi connectivity index (χ1) is 20.4. The number of rotatable bonds is 5. The maximum absolute atomic E-state index is 14.2. The molecular formula is C33H24ClFN4O3. The molecule has 0 radical (unpaired) electrons. The molecule has 1 fully saturated rings. The Bertz CT molecular complexity index is 1890. The third-order valence-corrected chi connectivity index (χ3v) is 8.20. The first-order valence-corrected chi connectivity index (χ1v) is 13.9. The highest BCUT2D eigenvalue weighted by Gasteiger charge is 2.53. The van der Waals surface area contributed by atoms with Gasteiger partial charge in [0.05, 0.1) is 11.3 Å². The summed E-state index contributed by atoms with van der Waals surface area (Å²) in [5.74, 6) is -1.22. The van der Waals surface area contributed by atoms with Crippen molar-refractivity contribution in [3.05, 3.63) is 136 Å². The van der Waals surface area contributed by atoms with E-state index in [4.69, 9.17) is 11.6 Å². The van der Waals surface area contributed by atoms with Crippen molar-refractivity contribution in [1.29, 1.82) is 0 Å². The summed E-state index contributed by atoms with van der Waals surface area (Å²) in [7, 11) is 0. The Morgan fingerprint density at radius 2 is 1.71 bits per heavy atom. The summed E-state index contributed by atoms with van der Waals surface area (Å²) in [5.41, 5.74) is 4.61. The largest absolute Gasteiger partial charge is 0.356 e. The van der Waals surface area contributed by atoms with Crippen molar-refractivity contribution in [1.82, 2.24) is 15.2 Å². The van der Waals surface area contributed by atoms with Crippen LogP contribution in [0.2, 0.25) is 5.02 Å². The summed E-state index contributed by atoms with van der Waals surface area (Å²) in [6.07, 6.45) is 0.330. The second-order valence-electron chi connectivity index (χ2n) is 10.4. The molecule has 4 amide bonds. The van der Waals surface area contributed by atoms with Crippen molar-refractivity contribution >= 4 is 46.0 Å². The summed E-state index contributed by atoms with van der Waals surface area (Å²) < 4.78 is 13.3. The number of fused-ring (bicyclic) bond motifs is 4. The Morgan fingerprint density at radius 3 is 2.52 bits per heavy atom. The molecule has 7 nitrogen and oxygen atoms in total. The van der Waals surface area contributed by atoms with E-state index >= 15 is 0 Å². The fourth-order valence-electron chi connectivity index (χ4n) is 6.06. The number of nitrogens with one attached hydrogen (secondary N) is 2. The van der Waals surface area contributed by atoms with E-state index in [0.29, 0.717) is 17.0 Å². The number of nitrogens with zero attached hydrogens (tertiary/aromatic N) is 2. The lowest BCUT2D eigenvalue weighted by Crippen LogP contribution is -2.44. The lowest BCUT2D eigenvalue weighted by molar-refractivity contribution is -0.120. The van der Waals surface area contributed by atoms with E-state index in [0.717, 1.165) is 32.6 Å². The number of hydrogen-bond donors (Lipinski definition) is 2. The zero-order chi connectivity index (χ0) is 29.0. The molecule has 5 aromatic rings. The lowest BCUT2D eigenvalue weighted by Gasteiger charge is -2.36. The zero-order valence-electron chi connectivity index (χ0n) is 22.2. The van der Waals surface area contributed by atoms with Gasteiger partial charge in [-0.3, -0.25) is 14.5 Å². The standard InChI is InChI=1S/C33H24ClFN4O3/c34-21-7-5-6-20(16-21)30-29-25(23-8-1-3-10-26(23)37-29)17-28-32(41)39(33(42)38(28)30)27-11-4-2-9-24(27)31(40)36-18-19-12-14-22(35)15-13-19/h1-16,28,30,37H,17-18H2,(H,36,40)/t28-,30?/m0/s1. The molecule has 2 aliphatic rings. The molecule has 1 unspecified atom stereocenters. The molecule has 4 aromatic carbocycles. The van der Waals surface area contributed by atoms with Crippen molar-refractivity contribution in [2.45, 2.75) is 25.0 Å². The Morgan fingerprint density at radius 1 is 0.952 bits per heavy atom. The van der Waals surface area contributed by atoms with Gasteiger partial charge in [-0.1, -0.05) is 66.2 Å². The number of hydrogen-bond acceptors (Lipinski definition) is 3. The number of benzene rings is 4. The molecule has 0 aliphatic carbocycles. The van der Waals surface area contributed by atoms with Gasteiger partial charge in [0, 0.05) is 34.6 Å². The number of urea groups is 1. The van der Waals surface area contributed by atoms with Crippen LogP contribution in [0.1, 0.15) is 38.8 Å². The predicted octanol–water partition coefficient (Wildman–Crippen LogP) is 6.37. The van der Waals surface area contributed by atoms with E-state index in [9.17, 15) is 18.8 Å². The summed E-state index contributed by atoms with van der Waals surface area (Å²) in [4.78, 5) is 47.9. The topological polar surface area (TPSA) is 85.5 Å². The maximum Gasteiger partial charge on any atom is 0.332 e. The molecule has 0 spiro atoms. The van der Waals surface area contributed by atoms with Crippen LogP contribution in [0.3, 0.4) is 0 Å². The van der Waals surface area contributed by atoms with Gasteiger partial charge in [-0.05, 0) is 59.2 Å². The lowest BCUT2D eigenvalue weighted by atomic mass is 9.89. The van der Waals surface area contributed by atoms with E-state index < -0.39 is 29.9 Å². The van der Waals surface area contributed by atoms with Gasteiger partial charge in [0.15, 0.2) is 0 Å². The molecule has 42 heavy (non-hydrogen) atoms. The van der Waals surface area contributed by atoms with Crippen LogP contribution in [0, 0.1) is 5.82 Å². The SMILES string of the molecule is O=C(NCc1ccc(F)cc1)c1ccccc1N1C(=O)[C@@H]2Cc3c([nH]c4ccccc34)C(c3cccc(Cl)c3)N2C1=O. The van der Waals surface area contributed by atoms with Crippen LogP contribution in [-0.2, 0) is 17.8 Å². The molecule has 1 saturated heterocycles. The zero-order valence-corrected chi connectivity index (χ0v) is 22.9. The number of para-hydroxylation sites is 2. The average molecular weight is 579 g/mol. The van der Waals surface area contributed by atoms with Crippen LogP contribution in [0.4, 0.5) is 14.9 Å². The highest BCUT2D eigenvalue weighted by molar-refractivity contribution is 6.30. The van der Waals surface area contributed by atoms with Crippen LogP contribution in [0.5, 0.6) is 0 Å². The number of aromatic nitrogens is 1. The van der Waals surface area contributed by atoms with E-state index in [1.165, 1.54) is 12.1 Å². The minimum absolute atomic E-state index is 0.155. The van der Waals surface area contributed by atoms with Gasteiger partial charge >= 0.3 is 6.03 Å². The number of aromatic amines is 1. The Hall–Kier alpha value is -4.95. The number of H-pyrrole nitrogens is 1. The minimum Gasteiger partial charge on any atom is -0.356 e. The van der Waals surface area contributed by atoms with Gasteiger partial charge in [-0.2, -0.15) is 0 Å². The highest BCUT2D eigenvalue weighted by atomic mass is 35.5. The van der Waals surface area contributed by atoms with Crippen molar-refractivity contribution in [3.63, 3.8) is 0 Å². The normalized spacial score (nSPS) is 17.9. The van der Waals surface area contributed by atoms with E-state index in [1.807, 2.05) is 36.4 Å². The molecule has 3 heterocycles. The van der Waals surface area contributed by atoms with Crippen molar-refractivity contribution in [2.24, 2.45) is 0 Å².